The van der Waals surface area contributed by atoms with Crippen LogP contribution in [-0.2, 0) is 17.8 Å². The Hall–Kier alpha value is -2.31. The van der Waals surface area contributed by atoms with Crippen LogP contribution in [0.3, 0.4) is 0 Å². The van der Waals surface area contributed by atoms with Gasteiger partial charge in [-0.15, -0.1) is 0 Å². The average molecular weight is 297 g/mol. The van der Waals surface area contributed by atoms with Gasteiger partial charge in [-0.25, -0.2) is 0 Å². The van der Waals surface area contributed by atoms with E-state index in [2.05, 4.69) is 5.32 Å². The van der Waals surface area contributed by atoms with Crippen molar-refractivity contribution in [2.45, 2.75) is 13.2 Å². The molecule has 2 aromatic rings. The quantitative estimate of drug-likeness (QED) is 0.821. The van der Waals surface area contributed by atoms with Crippen molar-refractivity contribution in [1.29, 1.82) is 0 Å². The van der Waals surface area contributed by atoms with Crippen LogP contribution in [-0.4, -0.2) is 25.2 Å². The summed E-state index contributed by atoms with van der Waals surface area (Å²) in [6, 6.07) is 12.7. The molecular weight excluding hydrogens is 281 g/mol. The van der Waals surface area contributed by atoms with Gasteiger partial charge in [0, 0.05) is 12.1 Å². The van der Waals surface area contributed by atoms with E-state index in [0.717, 1.165) is 16.9 Å². The van der Waals surface area contributed by atoms with Crippen molar-refractivity contribution in [2.75, 3.05) is 7.11 Å². The van der Waals surface area contributed by atoms with E-state index in [-0.39, 0.29) is 5.91 Å². The van der Waals surface area contributed by atoms with Crippen molar-refractivity contribution < 1.29 is 19.2 Å². The normalized spacial score (nSPS) is 12.9. The molecule has 0 atom stereocenters. The minimum atomic E-state index is -0.940. The minimum Gasteiger partial charge on any atom is -0.497 e. The number of carbonyl (C=O) groups excluding carboxylic acids is 1. The van der Waals surface area contributed by atoms with Crippen LogP contribution >= 0.6 is 0 Å². The summed E-state index contributed by atoms with van der Waals surface area (Å²) in [6.07, 6.45) is 0. The predicted octanol–water partition coefficient (Wildman–Crippen LogP) is 0.843. The second kappa shape index (κ2) is 6.21. The summed E-state index contributed by atoms with van der Waals surface area (Å²) in [7, 11) is 0.673. The first-order chi connectivity index (χ1) is 10.7. The molecule has 1 aliphatic heterocycles. The summed E-state index contributed by atoms with van der Waals surface area (Å²) in [5.74, 6) is 0.598. The maximum Gasteiger partial charge on any atom is 0.491 e. The van der Waals surface area contributed by atoms with E-state index in [1.807, 2.05) is 30.3 Å². The molecular formula is C16H16BNO4. The van der Waals surface area contributed by atoms with Crippen LogP contribution in [0.2, 0.25) is 0 Å². The first-order valence-corrected chi connectivity index (χ1v) is 7.01. The lowest BCUT2D eigenvalue weighted by molar-refractivity contribution is 0.0951. The maximum atomic E-state index is 12.2. The van der Waals surface area contributed by atoms with Crippen LogP contribution in [0, 0.1) is 0 Å². The molecule has 0 fully saturated rings. The standard InChI is InChI=1S/C16H16BNO4/c1-21-14-6-2-11(3-7-14)9-18-16(19)12-4-5-13-10-22-17(20)15(13)8-12/h2-8,20H,9-10H2,1H3,(H,18,19). The highest BCUT2D eigenvalue weighted by molar-refractivity contribution is 6.61. The first-order valence-electron chi connectivity index (χ1n) is 7.01. The highest BCUT2D eigenvalue weighted by Gasteiger charge is 2.27. The Balaban J connectivity index is 1.65. The van der Waals surface area contributed by atoms with Crippen molar-refractivity contribution in [2.24, 2.45) is 0 Å². The van der Waals surface area contributed by atoms with Crippen molar-refractivity contribution >= 4 is 18.5 Å². The number of nitrogens with one attached hydrogen (secondary N) is 1. The second-order valence-corrected chi connectivity index (χ2v) is 5.11. The summed E-state index contributed by atoms with van der Waals surface area (Å²) in [6.45, 7) is 0.809. The molecule has 22 heavy (non-hydrogen) atoms. The smallest absolute Gasteiger partial charge is 0.491 e. The monoisotopic (exact) mass is 297 g/mol. The number of hydrogen-bond donors (Lipinski definition) is 2. The number of benzene rings is 2. The summed E-state index contributed by atoms with van der Waals surface area (Å²) in [5, 5.41) is 12.5. The minimum absolute atomic E-state index is 0.183. The van der Waals surface area contributed by atoms with Crippen molar-refractivity contribution in [1.82, 2.24) is 5.32 Å². The molecule has 0 unspecified atom stereocenters. The molecule has 0 aromatic heterocycles. The van der Waals surface area contributed by atoms with Crippen LogP contribution in [0.15, 0.2) is 42.5 Å². The van der Waals surface area contributed by atoms with E-state index in [1.54, 1.807) is 19.2 Å². The maximum absolute atomic E-state index is 12.2. The number of carbonyl (C=O) groups is 1. The molecule has 6 heteroatoms. The molecule has 0 saturated heterocycles. The van der Waals surface area contributed by atoms with Gasteiger partial charge in [0.2, 0.25) is 0 Å². The van der Waals surface area contributed by atoms with Crippen LogP contribution in [0.4, 0.5) is 0 Å². The molecule has 112 valence electrons. The fourth-order valence-corrected chi connectivity index (χ4v) is 2.38. The number of fused-ring (bicyclic) bond motifs is 1. The van der Waals surface area contributed by atoms with Crippen LogP contribution in [0.5, 0.6) is 5.75 Å². The molecule has 2 aromatic carbocycles. The summed E-state index contributed by atoms with van der Waals surface area (Å²) < 4.78 is 10.2. The molecule has 0 aliphatic carbocycles. The highest BCUT2D eigenvalue weighted by Crippen LogP contribution is 2.13. The van der Waals surface area contributed by atoms with Gasteiger partial charge in [0.1, 0.15) is 5.75 Å². The van der Waals surface area contributed by atoms with E-state index in [4.69, 9.17) is 9.39 Å². The SMILES string of the molecule is COc1ccc(CNC(=O)c2ccc3c(c2)B(O)OC3)cc1. The van der Waals surface area contributed by atoms with E-state index in [1.165, 1.54) is 0 Å². The van der Waals surface area contributed by atoms with Crippen LogP contribution < -0.4 is 15.5 Å². The Labute approximate surface area is 129 Å². The van der Waals surface area contributed by atoms with Gasteiger partial charge in [0.25, 0.3) is 5.91 Å². The third kappa shape index (κ3) is 2.98. The van der Waals surface area contributed by atoms with Gasteiger partial charge in [-0.3, -0.25) is 4.79 Å². The highest BCUT2D eigenvalue weighted by atomic mass is 16.5. The van der Waals surface area contributed by atoms with Crippen LogP contribution in [0.25, 0.3) is 0 Å². The Morgan fingerprint density at radius 3 is 2.82 bits per heavy atom. The summed E-state index contributed by atoms with van der Waals surface area (Å²) in [4.78, 5) is 12.2. The molecule has 0 bridgehead atoms. The molecule has 2 N–H and O–H groups in total. The second-order valence-electron chi connectivity index (χ2n) is 5.11. The van der Waals surface area contributed by atoms with Crippen molar-refractivity contribution in [3.05, 3.63) is 59.2 Å². The Morgan fingerprint density at radius 1 is 1.32 bits per heavy atom. The average Bonchev–Trinajstić information content (AvgIpc) is 2.94. The lowest BCUT2D eigenvalue weighted by Gasteiger charge is -2.08. The third-order valence-corrected chi connectivity index (χ3v) is 3.68. The van der Waals surface area contributed by atoms with E-state index in [0.29, 0.717) is 24.2 Å². The number of amides is 1. The zero-order valence-corrected chi connectivity index (χ0v) is 12.2. The first kappa shape index (κ1) is 14.6. The molecule has 3 rings (SSSR count). The van der Waals surface area contributed by atoms with Gasteiger partial charge < -0.3 is 19.7 Å². The Kier molecular flexibility index (Phi) is 4.13. The van der Waals surface area contributed by atoms with Gasteiger partial charge in [0.05, 0.1) is 13.7 Å². The van der Waals surface area contributed by atoms with Crippen LogP contribution in [0.1, 0.15) is 21.5 Å². The van der Waals surface area contributed by atoms with Gasteiger partial charge in [-0.2, -0.15) is 0 Å². The largest absolute Gasteiger partial charge is 0.497 e. The molecule has 0 saturated carbocycles. The van der Waals surface area contributed by atoms with Crippen molar-refractivity contribution in [3.8, 4) is 5.75 Å². The summed E-state index contributed by atoms with van der Waals surface area (Å²) in [5.41, 5.74) is 3.08. The zero-order chi connectivity index (χ0) is 15.5. The van der Waals surface area contributed by atoms with Gasteiger partial charge in [-0.1, -0.05) is 18.2 Å². The number of rotatable bonds is 4. The topological polar surface area (TPSA) is 67.8 Å². The van der Waals surface area contributed by atoms with E-state index < -0.39 is 7.12 Å². The molecule has 1 heterocycles. The van der Waals surface area contributed by atoms with E-state index in [9.17, 15) is 9.82 Å². The van der Waals surface area contributed by atoms with Gasteiger partial charge >= 0.3 is 7.12 Å². The van der Waals surface area contributed by atoms with E-state index >= 15 is 0 Å². The molecule has 5 nitrogen and oxygen atoms in total. The third-order valence-electron chi connectivity index (χ3n) is 3.68. The zero-order valence-electron chi connectivity index (χ0n) is 12.2. The van der Waals surface area contributed by atoms with Gasteiger partial charge in [0.15, 0.2) is 0 Å². The number of ether oxygens (including phenoxy) is 1. The molecule has 1 aliphatic rings. The number of methoxy groups -OCH3 is 1. The van der Waals surface area contributed by atoms with Crippen molar-refractivity contribution in [3.63, 3.8) is 0 Å². The molecule has 0 spiro atoms. The molecule has 0 radical (unpaired) electrons. The Morgan fingerprint density at radius 2 is 2.09 bits per heavy atom. The fourth-order valence-electron chi connectivity index (χ4n) is 2.38. The lowest BCUT2D eigenvalue weighted by atomic mass is 9.79. The molecule has 1 amide bonds. The Bertz CT molecular complexity index is 687. The fraction of sp³-hybridized carbons (Fsp3) is 0.188. The number of hydrogen-bond acceptors (Lipinski definition) is 4. The lowest BCUT2D eigenvalue weighted by Crippen LogP contribution is -2.30. The predicted molar refractivity (Wildman–Crippen MR) is 83.0 cm³/mol. The van der Waals surface area contributed by atoms with Gasteiger partial charge in [-0.05, 0) is 40.9 Å². The summed E-state index contributed by atoms with van der Waals surface area (Å²) >= 11 is 0.